The molecule has 0 radical (unpaired) electrons. The largest absolute Gasteiger partial charge is 0.480 e. The summed E-state index contributed by atoms with van der Waals surface area (Å²) in [5, 5.41) is 9.35. The Hall–Kier alpha value is -1.78. The van der Waals surface area contributed by atoms with Crippen LogP contribution in [0.4, 0.5) is 8.78 Å². The molecule has 1 aliphatic carbocycles. The molecule has 0 aliphatic heterocycles. The molecule has 0 amide bonds. The van der Waals surface area contributed by atoms with Crippen LogP contribution >= 0.6 is 0 Å². The van der Waals surface area contributed by atoms with Crippen LogP contribution < -0.4 is 0 Å². The van der Waals surface area contributed by atoms with Crippen molar-refractivity contribution in [3.8, 4) is 0 Å². The van der Waals surface area contributed by atoms with Crippen LogP contribution in [0.15, 0.2) is 18.2 Å². The van der Waals surface area contributed by atoms with Crippen molar-refractivity contribution in [2.24, 2.45) is 5.41 Å². The Kier molecular flexibility index (Phi) is 3.64. The van der Waals surface area contributed by atoms with E-state index < -0.39 is 23.0 Å². The molecule has 3 nitrogen and oxygen atoms in total. The maximum absolute atomic E-state index is 13.6. The third kappa shape index (κ3) is 2.50. The van der Waals surface area contributed by atoms with E-state index >= 15 is 0 Å². The molecular formula is C14H14F2O3. The first-order valence-corrected chi connectivity index (χ1v) is 6.16. The average Bonchev–Trinajstić information content (AvgIpc) is 2.35. The fourth-order valence-electron chi connectivity index (χ4n) is 2.57. The van der Waals surface area contributed by atoms with E-state index in [1.165, 1.54) is 6.07 Å². The number of hydrogen-bond acceptors (Lipinski definition) is 2. The molecule has 19 heavy (non-hydrogen) atoms. The van der Waals surface area contributed by atoms with Crippen LogP contribution in [-0.4, -0.2) is 16.9 Å². The van der Waals surface area contributed by atoms with Gasteiger partial charge >= 0.3 is 5.97 Å². The zero-order valence-corrected chi connectivity index (χ0v) is 10.3. The first-order chi connectivity index (χ1) is 8.95. The standard InChI is InChI=1S/C14H14F2O3/c15-10-5-4-9(11(16)7-10)8-14(13(18)19)6-2-1-3-12(14)17/h4-5,7H,1-3,6,8H2,(H,18,19). The molecule has 0 saturated heterocycles. The number of ketones is 1. The highest BCUT2D eigenvalue weighted by atomic mass is 19.1. The number of carbonyl (C=O) groups is 2. The lowest BCUT2D eigenvalue weighted by Crippen LogP contribution is -2.43. The Morgan fingerprint density at radius 3 is 2.63 bits per heavy atom. The summed E-state index contributed by atoms with van der Waals surface area (Å²) in [7, 11) is 0. The van der Waals surface area contributed by atoms with Gasteiger partial charge in [0.25, 0.3) is 0 Å². The molecule has 1 aliphatic rings. The van der Waals surface area contributed by atoms with Gasteiger partial charge in [0, 0.05) is 12.5 Å². The van der Waals surface area contributed by atoms with Gasteiger partial charge in [0.15, 0.2) is 5.78 Å². The Labute approximate surface area is 109 Å². The minimum absolute atomic E-state index is 0.0686. The third-order valence-electron chi connectivity index (χ3n) is 3.71. The van der Waals surface area contributed by atoms with Crippen molar-refractivity contribution in [1.29, 1.82) is 0 Å². The molecule has 1 aromatic carbocycles. The summed E-state index contributed by atoms with van der Waals surface area (Å²) in [6.07, 6.45) is 1.49. The fourth-order valence-corrected chi connectivity index (χ4v) is 2.57. The lowest BCUT2D eigenvalue weighted by Gasteiger charge is -2.31. The Bertz CT molecular complexity index is 527. The summed E-state index contributed by atoms with van der Waals surface area (Å²) in [6.45, 7) is 0. The summed E-state index contributed by atoms with van der Waals surface area (Å²) in [5.74, 6) is -3.12. The van der Waals surface area contributed by atoms with Gasteiger partial charge in [-0.3, -0.25) is 9.59 Å². The van der Waals surface area contributed by atoms with E-state index in [-0.39, 0.29) is 30.6 Å². The number of halogens is 2. The lowest BCUT2D eigenvalue weighted by molar-refractivity contribution is -0.157. The second-order valence-electron chi connectivity index (χ2n) is 4.93. The molecule has 1 fully saturated rings. The molecule has 0 aromatic heterocycles. The molecule has 2 rings (SSSR count). The maximum Gasteiger partial charge on any atom is 0.317 e. The Balaban J connectivity index is 2.36. The number of rotatable bonds is 3. The number of benzene rings is 1. The van der Waals surface area contributed by atoms with Gasteiger partial charge < -0.3 is 5.11 Å². The van der Waals surface area contributed by atoms with Crippen molar-refractivity contribution in [3.05, 3.63) is 35.4 Å². The Morgan fingerprint density at radius 1 is 1.32 bits per heavy atom. The van der Waals surface area contributed by atoms with Crippen molar-refractivity contribution in [3.63, 3.8) is 0 Å². The highest BCUT2D eigenvalue weighted by molar-refractivity contribution is 6.03. The minimum atomic E-state index is -1.56. The van der Waals surface area contributed by atoms with Crippen molar-refractivity contribution >= 4 is 11.8 Å². The normalized spacial score (nSPS) is 23.4. The summed E-state index contributed by atoms with van der Waals surface area (Å²) in [4.78, 5) is 23.4. The monoisotopic (exact) mass is 268 g/mol. The van der Waals surface area contributed by atoms with Gasteiger partial charge in [-0.25, -0.2) is 8.78 Å². The van der Waals surface area contributed by atoms with Gasteiger partial charge in [0.1, 0.15) is 17.0 Å². The minimum Gasteiger partial charge on any atom is -0.480 e. The van der Waals surface area contributed by atoms with Crippen molar-refractivity contribution in [1.82, 2.24) is 0 Å². The third-order valence-corrected chi connectivity index (χ3v) is 3.71. The van der Waals surface area contributed by atoms with E-state index in [1.54, 1.807) is 0 Å². The van der Waals surface area contributed by atoms with Crippen molar-refractivity contribution < 1.29 is 23.5 Å². The fraction of sp³-hybridized carbons (Fsp3) is 0.429. The first-order valence-electron chi connectivity index (χ1n) is 6.16. The summed E-state index contributed by atoms with van der Waals surface area (Å²) < 4.78 is 26.5. The topological polar surface area (TPSA) is 54.4 Å². The molecule has 0 spiro atoms. The smallest absolute Gasteiger partial charge is 0.317 e. The van der Waals surface area contributed by atoms with Gasteiger partial charge in [0.2, 0.25) is 0 Å². The maximum atomic E-state index is 13.6. The number of Topliss-reactive ketones (excluding diaryl/α,β-unsaturated/α-hetero) is 1. The lowest BCUT2D eigenvalue weighted by atomic mass is 9.69. The van der Waals surface area contributed by atoms with Gasteiger partial charge in [0.05, 0.1) is 0 Å². The van der Waals surface area contributed by atoms with Gasteiger partial charge in [-0.05, 0) is 30.9 Å². The summed E-state index contributed by atoms with van der Waals surface area (Å²) in [6, 6.07) is 2.98. The van der Waals surface area contributed by atoms with E-state index in [0.717, 1.165) is 6.07 Å². The molecule has 5 heteroatoms. The number of carboxylic acids is 1. The highest BCUT2D eigenvalue weighted by Crippen LogP contribution is 2.37. The predicted molar refractivity (Wildman–Crippen MR) is 63.6 cm³/mol. The quantitative estimate of drug-likeness (QED) is 0.857. The van der Waals surface area contributed by atoms with E-state index in [4.69, 9.17) is 0 Å². The van der Waals surface area contributed by atoms with Crippen LogP contribution in [0.2, 0.25) is 0 Å². The van der Waals surface area contributed by atoms with Crippen molar-refractivity contribution in [2.75, 3.05) is 0 Å². The highest BCUT2D eigenvalue weighted by Gasteiger charge is 2.47. The summed E-state index contributed by atoms with van der Waals surface area (Å²) >= 11 is 0. The van der Waals surface area contributed by atoms with Crippen LogP contribution in [0, 0.1) is 17.0 Å². The van der Waals surface area contributed by atoms with E-state index in [2.05, 4.69) is 0 Å². The van der Waals surface area contributed by atoms with Crippen LogP contribution in [0.25, 0.3) is 0 Å². The molecule has 102 valence electrons. The second kappa shape index (κ2) is 5.07. The number of carbonyl (C=O) groups excluding carboxylic acids is 1. The van der Waals surface area contributed by atoms with Crippen LogP contribution in [0.3, 0.4) is 0 Å². The van der Waals surface area contributed by atoms with E-state index in [9.17, 15) is 23.5 Å². The molecule has 1 unspecified atom stereocenters. The van der Waals surface area contributed by atoms with E-state index in [1.807, 2.05) is 0 Å². The summed E-state index contributed by atoms with van der Waals surface area (Å²) in [5.41, 5.74) is -1.49. The van der Waals surface area contributed by atoms with Crippen LogP contribution in [0.1, 0.15) is 31.2 Å². The van der Waals surface area contributed by atoms with Gasteiger partial charge in [-0.15, -0.1) is 0 Å². The van der Waals surface area contributed by atoms with Crippen LogP contribution in [-0.2, 0) is 16.0 Å². The molecule has 1 saturated carbocycles. The van der Waals surface area contributed by atoms with Gasteiger partial charge in [-0.2, -0.15) is 0 Å². The van der Waals surface area contributed by atoms with Crippen LogP contribution in [0.5, 0.6) is 0 Å². The number of carboxylic acid groups (broad SMARTS) is 1. The SMILES string of the molecule is O=C(O)C1(Cc2ccc(F)cc2F)CCCCC1=O. The number of aliphatic carboxylic acids is 1. The zero-order chi connectivity index (χ0) is 14.0. The first kappa shape index (κ1) is 13.6. The average molecular weight is 268 g/mol. The molecule has 1 atom stereocenters. The molecule has 0 heterocycles. The van der Waals surface area contributed by atoms with Gasteiger partial charge in [-0.1, -0.05) is 12.5 Å². The van der Waals surface area contributed by atoms with Crippen molar-refractivity contribution in [2.45, 2.75) is 32.1 Å². The number of hydrogen-bond donors (Lipinski definition) is 1. The Morgan fingerprint density at radius 2 is 2.05 bits per heavy atom. The zero-order valence-electron chi connectivity index (χ0n) is 10.3. The molecule has 1 N–H and O–H groups in total. The second-order valence-corrected chi connectivity index (χ2v) is 4.93. The molecular weight excluding hydrogens is 254 g/mol. The van der Waals surface area contributed by atoms with E-state index in [0.29, 0.717) is 18.9 Å². The molecule has 0 bridgehead atoms. The predicted octanol–water partition coefficient (Wildman–Crippen LogP) is 2.72. The molecule has 1 aromatic rings.